The quantitative estimate of drug-likeness (QED) is 0.811. The van der Waals surface area contributed by atoms with E-state index >= 15 is 0 Å². The van der Waals surface area contributed by atoms with Gasteiger partial charge in [0.25, 0.3) is 0 Å². The minimum absolute atomic E-state index is 0.718. The lowest BCUT2D eigenvalue weighted by atomic mass is 9.73. The molecule has 2 rings (SSSR count). The van der Waals surface area contributed by atoms with E-state index in [2.05, 4.69) is 55.5 Å². The predicted molar refractivity (Wildman–Crippen MR) is 93.8 cm³/mol. The number of nitrogens with one attached hydrogen (secondary N) is 1. The highest BCUT2D eigenvalue weighted by molar-refractivity contribution is 7.09. The molecule has 1 N–H and O–H groups in total. The summed E-state index contributed by atoms with van der Waals surface area (Å²) >= 11 is 1.87. The van der Waals surface area contributed by atoms with E-state index < -0.39 is 0 Å². The molecule has 3 atom stereocenters. The van der Waals surface area contributed by atoms with Gasteiger partial charge in [0.15, 0.2) is 0 Å². The molecule has 120 valence electrons. The molecule has 21 heavy (non-hydrogen) atoms. The lowest BCUT2D eigenvalue weighted by Gasteiger charge is -2.40. The topological polar surface area (TPSA) is 15.3 Å². The van der Waals surface area contributed by atoms with Crippen LogP contribution in [0.1, 0.15) is 44.9 Å². The van der Waals surface area contributed by atoms with Gasteiger partial charge in [-0.25, -0.2) is 0 Å². The fraction of sp³-hybridized carbons (Fsp3) is 0.778. The van der Waals surface area contributed by atoms with Crippen molar-refractivity contribution in [3.05, 3.63) is 22.4 Å². The van der Waals surface area contributed by atoms with Crippen molar-refractivity contribution in [2.45, 2.75) is 52.6 Å². The fourth-order valence-electron chi connectivity index (χ4n) is 3.77. The molecule has 1 aliphatic carbocycles. The molecule has 1 saturated carbocycles. The lowest BCUT2D eigenvalue weighted by molar-refractivity contribution is 0.131. The molecule has 0 amide bonds. The second kappa shape index (κ2) is 8.30. The molecule has 0 radical (unpaired) electrons. The van der Waals surface area contributed by atoms with Crippen molar-refractivity contribution < 1.29 is 0 Å². The highest BCUT2D eigenvalue weighted by Crippen LogP contribution is 2.34. The zero-order valence-corrected chi connectivity index (χ0v) is 15.0. The minimum Gasteiger partial charge on any atom is -0.314 e. The molecule has 1 aliphatic rings. The second-order valence-electron chi connectivity index (χ2n) is 7.02. The summed E-state index contributed by atoms with van der Waals surface area (Å²) in [5.41, 5.74) is 0. The van der Waals surface area contributed by atoms with Gasteiger partial charge in [0, 0.05) is 24.0 Å². The van der Waals surface area contributed by atoms with Crippen LogP contribution in [-0.2, 0) is 6.54 Å². The zero-order valence-electron chi connectivity index (χ0n) is 14.1. The highest BCUT2D eigenvalue weighted by atomic mass is 32.1. The Hall–Kier alpha value is -0.380. The zero-order chi connectivity index (χ0) is 15.2. The first kappa shape index (κ1) is 17.0. The first-order valence-corrected chi connectivity index (χ1v) is 9.42. The van der Waals surface area contributed by atoms with Gasteiger partial charge >= 0.3 is 0 Å². The van der Waals surface area contributed by atoms with E-state index in [9.17, 15) is 0 Å². The fourth-order valence-corrected chi connectivity index (χ4v) is 4.56. The lowest BCUT2D eigenvalue weighted by Crippen LogP contribution is -2.45. The number of thiophene rings is 1. The minimum atomic E-state index is 0.718. The molecule has 1 aromatic rings. The van der Waals surface area contributed by atoms with Crippen LogP contribution in [0.2, 0.25) is 0 Å². The Bertz CT molecular complexity index is 388. The normalized spacial score (nSPS) is 26.7. The van der Waals surface area contributed by atoms with Gasteiger partial charge in [0.05, 0.1) is 0 Å². The molecule has 1 aromatic heterocycles. The van der Waals surface area contributed by atoms with Crippen LogP contribution in [-0.4, -0.2) is 31.1 Å². The van der Waals surface area contributed by atoms with Crippen molar-refractivity contribution in [2.75, 3.05) is 20.1 Å². The Morgan fingerprint density at radius 3 is 2.81 bits per heavy atom. The van der Waals surface area contributed by atoms with Crippen molar-refractivity contribution in [2.24, 2.45) is 17.8 Å². The Balaban J connectivity index is 1.91. The Kier molecular flexibility index (Phi) is 6.72. The summed E-state index contributed by atoms with van der Waals surface area (Å²) in [5, 5.41) is 5.91. The van der Waals surface area contributed by atoms with E-state index in [4.69, 9.17) is 0 Å². The third-order valence-corrected chi connectivity index (χ3v) is 5.85. The summed E-state index contributed by atoms with van der Waals surface area (Å²) < 4.78 is 0. The van der Waals surface area contributed by atoms with Gasteiger partial charge in [-0.05, 0) is 62.1 Å². The van der Waals surface area contributed by atoms with Crippen LogP contribution in [0.5, 0.6) is 0 Å². The van der Waals surface area contributed by atoms with Crippen molar-refractivity contribution in [3.8, 4) is 0 Å². The van der Waals surface area contributed by atoms with E-state index in [0.717, 1.165) is 36.9 Å². The monoisotopic (exact) mass is 308 g/mol. The van der Waals surface area contributed by atoms with Crippen molar-refractivity contribution in [1.29, 1.82) is 0 Å². The average Bonchev–Trinajstić information content (AvgIpc) is 2.93. The Morgan fingerprint density at radius 1 is 1.38 bits per heavy atom. The van der Waals surface area contributed by atoms with Gasteiger partial charge in [-0.3, -0.25) is 0 Å². The average molecular weight is 309 g/mol. The molecule has 0 saturated heterocycles. The Labute approximate surface area is 134 Å². The van der Waals surface area contributed by atoms with Crippen molar-refractivity contribution in [3.63, 3.8) is 0 Å². The molecule has 0 aliphatic heterocycles. The van der Waals surface area contributed by atoms with Crippen molar-refractivity contribution >= 4 is 11.3 Å². The van der Waals surface area contributed by atoms with Gasteiger partial charge < -0.3 is 10.2 Å². The third-order valence-electron chi connectivity index (χ3n) is 4.98. The molecular formula is C18H32N2S. The van der Waals surface area contributed by atoms with E-state index in [1.165, 1.54) is 30.7 Å². The summed E-state index contributed by atoms with van der Waals surface area (Å²) in [6.45, 7) is 10.4. The first-order chi connectivity index (χ1) is 10.1. The number of hydrogen-bond donors (Lipinski definition) is 1. The predicted octanol–water partition coefficient (Wildman–Crippen LogP) is 4.23. The first-order valence-electron chi connectivity index (χ1n) is 8.54. The summed E-state index contributed by atoms with van der Waals surface area (Å²) in [5.74, 6) is 2.55. The van der Waals surface area contributed by atoms with Crippen LogP contribution in [0.3, 0.4) is 0 Å². The summed E-state index contributed by atoms with van der Waals surface area (Å²) in [6, 6.07) is 5.13. The number of rotatable bonds is 7. The molecule has 0 spiro atoms. The molecule has 0 bridgehead atoms. The summed E-state index contributed by atoms with van der Waals surface area (Å²) in [4.78, 5) is 4.00. The van der Waals surface area contributed by atoms with E-state index in [1.807, 2.05) is 11.3 Å². The largest absolute Gasteiger partial charge is 0.314 e. The van der Waals surface area contributed by atoms with Crippen LogP contribution >= 0.6 is 11.3 Å². The molecule has 1 fully saturated rings. The van der Waals surface area contributed by atoms with E-state index in [-0.39, 0.29) is 0 Å². The third kappa shape index (κ3) is 5.08. The van der Waals surface area contributed by atoms with Gasteiger partial charge in [0.2, 0.25) is 0 Å². The summed E-state index contributed by atoms with van der Waals surface area (Å²) in [6.07, 6.45) is 4.15. The number of hydrogen-bond acceptors (Lipinski definition) is 3. The maximum absolute atomic E-state index is 3.73. The maximum atomic E-state index is 3.73. The Morgan fingerprint density at radius 2 is 2.19 bits per heavy atom. The molecule has 3 unspecified atom stereocenters. The van der Waals surface area contributed by atoms with E-state index in [0.29, 0.717) is 0 Å². The molecule has 2 nitrogen and oxygen atoms in total. The highest BCUT2D eigenvalue weighted by Gasteiger charge is 2.31. The van der Waals surface area contributed by atoms with Crippen LogP contribution in [0.4, 0.5) is 0 Å². The van der Waals surface area contributed by atoms with Gasteiger partial charge in [-0.1, -0.05) is 26.8 Å². The van der Waals surface area contributed by atoms with Gasteiger partial charge in [-0.15, -0.1) is 11.3 Å². The smallest absolute Gasteiger partial charge is 0.0324 e. The number of nitrogens with zero attached hydrogens (tertiary/aromatic N) is 1. The van der Waals surface area contributed by atoms with E-state index in [1.54, 1.807) is 0 Å². The van der Waals surface area contributed by atoms with Crippen molar-refractivity contribution in [1.82, 2.24) is 10.2 Å². The molecule has 1 heterocycles. The molecule has 3 heteroatoms. The van der Waals surface area contributed by atoms with Crippen LogP contribution < -0.4 is 5.32 Å². The van der Waals surface area contributed by atoms with Crippen LogP contribution in [0.15, 0.2) is 17.5 Å². The molecular weight excluding hydrogens is 276 g/mol. The van der Waals surface area contributed by atoms with Gasteiger partial charge in [-0.2, -0.15) is 0 Å². The SMILES string of the molecule is CCNC1CCC(C(C)C)CC1CN(C)Cc1cccs1. The van der Waals surface area contributed by atoms with Crippen LogP contribution in [0.25, 0.3) is 0 Å². The molecule has 0 aromatic carbocycles. The van der Waals surface area contributed by atoms with Gasteiger partial charge in [0.1, 0.15) is 0 Å². The summed E-state index contributed by atoms with van der Waals surface area (Å²) in [7, 11) is 2.28. The standard InChI is InChI=1S/C18H32N2S/c1-5-19-18-9-8-15(14(2)3)11-16(18)12-20(4)13-17-7-6-10-21-17/h6-7,10,14-16,18-19H,5,8-9,11-13H2,1-4H3. The van der Waals surface area contributed by atoms with Crippen LogP contribution in [0, 0.1) is 17.8 Å². The maximum Gasteiger partial charge on any atom is 0.0324 e. The second-order valence-corrected chi connectivity index (χ2v) is 8.05.